The highest BCUT2D eigenvalue weighted by atomic mass is 32.2. The molecule has 0 saturated heterocycles. The fraction of sp³-hybridized carbons (Fsp3) is 0.364. The molecule has 1 N–H and O–H groups in total. The van der Waals surface area contributed by atoms with Crippen LogP contribution in [0.1, 0.15) is 43.7 Å². The quantitative estimate of drug-likeness (QED) is 0.626. The van der Waals surface area contributed by atoms with E-state index in [1.54, 1.807) is 24.3 Å². The third-order valence-corrected chi connectivity index (χ3v) is 6.43. The first-order valence-corrected chi connectivity index (χ1v) is 11.2. The van der Waals surface area contributed by atoms with Gasteiger partial charge in [-0.15, -0.1) is 0 Å². The molecule has 7 heteroatoms. The van der Waals surface area contributed by atoms with Crippen molar-refractivity contribution in [2.75, 3.05) is 17.7 Å². The fourth-order valence-electron chi connectivity index (χ4n) is 2.63. The predicted octanol–water partition coefficient (Wildman–Crippen LogP) is 3.85. The van der Waals surface area contributed by atoms with Crippen LogP contribution in [0.5, 0.6) is 0 Å². The molecular weight excluding hydrogens is 390 g/mol. The first-order valence-electron chi connectivity index (χ1n) is 9.56. The van der Waals surface area contributed by atoms with E-state index in [1.807, 2.05) is 19.1 Å². The van der Waals surface area contributed by atoms with E-state index in [0.29, 0.717) is 11.6 Å². The second-order valence-corrected chi connectivity index (χ2v) is 9.13. The zero-order chi connectivity index (χ0) is 21.4. The molecule has 0 aliphatic rings. The second-order valence-electron chi connectivity index (χ2n) is 7.02. The predicted molar refractivity (Wildman–Crippen MR) is 113 cm³/mol. The number of carbonyl (C=O) groups is 2. The first-order chi connectivity index (χ1) is 13.7. The van der Waals surface area contributed by atoms with Crippen LogP contribution >= 0.6 is 0 Å². The van der Waals surface area contributed by atoms with Crippen LogP contribution in [0.15, 0.2) is 53.4 Å². The molecule has 0 bridgehead atoms. The maximum Gasteiger partial charge on any atom is 0.307 e. The number of carbonyl (C=O) groups excluding carboxylic acids is 2. The van der Waals surface area contributed by atoms with Gasteiger partial charge in [-0.1, -0.05) is 43.7 Å². The summed E-state index contributed by atoms with van der Waals surface area (Å²) in [4.78, 5) is 23.9. The number of sulfone groups is 1. The third kappa shape index (κ3) is 7.02. The minimum Gasteiger partial charge on any atom is -0.456 e. The van der Waals surface area contributed by atoms with Crippen LogP contribution in [0.25, 0.3) is 0 Å². The van der Waals surface area contributed by atoms with Gasteiger partial charge in [0.05, 0.1) is 17.1 Å². The number of nitrogens with one attached hydrogen (secondary N) is 1. The summed E-state index contributed by atoms with van der Waals surface area (Å²) in [5, 5.41) is 2.65. The van der Waals surface area contributed by atoms with E-state index in [4.69, 9.17) is 4.74 Å². The first kappa shape index (κ1) is 22.6. The highest BCUT2D eigenvalue weighted by Crippen LogP contribution is 2.20. The molecular formula is C22H27NO5S. The van der Waals surface area contributed by atoms with Crippen molar-refractivity contribution in [2.24, 2.45) is 0 Å². The van der Waals surface area contributed by atoms with Crippen LogP contribution in [-0.4, -0.2) is 32.7 Å². The number of aryl methyl sites for hydroxylation is 1. The fourth-order valence-corrected chi connectivity index (χ4v) is 3.85. The number of benzene rings is 2. The molecule has 156 valence electrons. The Morgan fingerprint density at radius 2 is 1.66 bits per heavy atom. The van der Waals surface area contributed by atoms with E-state index in [2.05, 4.69) is 19.2 Å². The molecule has 2 rings (SSSR count). The molecule has 2 aromatic carbocycles. The number of anilines is 1. The minimum absolute atomic E-state index is 0.162. The maximum absolute atomic E-state index is 12.2. The Morgan fingerprint density at radius 3 is 2.24 bits per heavy atom. The highest BCUT2D eigenvalue weighted by Gasteiger charge is 2.17. The summed E-state index contributed by atoms with van der Waals surface area (Å²) in [6.45, 7) is 5.64. The molecule has 0 aliphatic carbocycles. The molecule has 0 aliphatic heterocycles. The molecule has 6 nitrogen and oxygen atoms in total. The van der Waals surface area contributed by atoms with Gasteiger partial charge in [0.25, 0.3) is 5.91 Å². The van der Waals surface area contributed by atoms with E-state index in [9.17, 15) is 18.0 Å². The Bertz CT molecular complexity index is 934. The molecule has 0 aromatic heterocycles. The molecule has 0 fully saturated rings. The van der Waals surface area contributed by atoms with Crippen molar-refractivity contribution in [1.82, 2.24) is 0 Å². The normalized spacial score (nSPS) is 12.2. The Balaban J connectivity index is 1.78. The van der Waals surface area contributed by atoms with Gasteiger partial charge in [0, 0.05) is 5.69 Å². The van der Waals surface area contributed by atoms with Gasteiger partial charge in [0.2, 0.25) is 0 Å². The Morgan fingerprint density at radius 1 is 1.03 bits per heavy atom. The molecule has 0 spiro atoms. The zero-order valence-electron chi connectivity index (χ0n) is 17.0. The monoisotopic (exact) mass is 417 g/mol. The van der Waals surface area contributed by atoms with Crippen molar-refractivity contribution >= 4 is 27.4 Å². The zero-order valence-corrected chi connectivity index (χ0v) is 17.8. The molecule has 2 aromatic rings. The van der Waals surface area contributed by atoms with Gasteiger partial charge in [0.1, 0.15) is 0 Å². The minimum atomic E-state index is -3.57. The average molecular weight is 418 g/mol. The summed E-state index contributed by atoms with van der Waals surface area (Å²) in [5.74, 6) is -1.14. The summed E-state index contributed by atoms with van der Waals surface area (Å²) < 4.78 is 29.4. The topological polar surface area (TPSA) is 89.5 Å². The molecule has 0 saturated carbocycles. The van der Waals surface area contributed by atoms with Crippen LogP contribution in [0, 0.1) is 6.92 Å². The van der Waals surface area contributed by atoms with Gasteiger partial charge in [-0.25, -0.2) is 8.42 Å². The Hall–Kier alpha value is -2.67. The molecule has 1 unspecified atom stereocenters. The van der Waals surface area contributed by atoms with Gasteiger partial charge in [0.15, 0.2) is 16.4 Å². The Kier molecular flexibility index (Phi) is 7.96. The Labute approximate surface area is 172 Å². The lowest BCUT2D eigenvalue weighted by atomic mass is 9.99. The van der Waals surface area contributed by atoms with E-state index in [1.165, 1.54) is 17.7 Å². The van der Waals surface area contributed by atoms with Gasteiger partial charge in [-0.2, -0.15) is 0 Å². The maximum atomic E-state index is 12.2. The van der Waals surface area contributed by atoms with E-state index in [0.717, 1.165) is 12.0 Å². The summed E-state index contributed by atoms with van der Waals surface area (Å²) in [7, 11) is -3.57. The molecule has 1 amide bonds. The number of amides is 1. The average Bonchev–Trinajstić information content (AvgIpc) is 2.71. The van der Waals surface area contributed by atoms with Crippen LogP contribution < -0.4 is 5.32 Å². The third-order valence-electron chi connectivity index (χ3n) is 4.70. The van der Waals surface area contributed by atoms with Crippen molar-refractivity contribution in [3.05, 3.63) is 59.7 Å². The largest absolute Gasteiger partial charge is 0.456 e. The van der Waals surface area contributed by atoms with Gasteiger partial charge < -0.3 is 10.1 Å². The number of esters is 1. The summed E-state index contributed by atoms with van der Waals surface area (Å²) in [5.41, 5.74) is 2.75. The number of hydrogen-bond acceptors (Lipinski definition) is 5. The van der Waals surface area contributed by atoms with Crippen molar-refractivity contribution in [1.29, 1.82) is 0 Å². The van der Waals surface area contributed by atoms with Gasteiger partial charge in [-0.05, 0) is 49.1 Å². The van der Waals surface area contributed by atoms with E-state index < -0.39 is 28.3 Å². The van der Waals surface area contributed by atoms with Crippen molar-refractivity contribution in [2.45, 2.75) is 44.4 Å². The standard InChI is InChI=1S/C22H27NO5S/c1-4-17(3)18-7-9-19(10-8-18)23-21(24)15-28-22(25)13-14-29(26,27)20-11-5-16(2)6-12-20/h5-12,17H,4,13-15H2,1-3H3,(H,23,24). The molecule has 0 radical (unpaired) electrons. The van der Waals surface area contributed by atoms with Gasteiger partial charge in [-0.3, -0.25) is 9.59 Å². The molecule has 0 heterocycles. The van der Waals surface area contributed by atoms with Crippen LogP contribution in [-0.2, 0) is 24.2 Å². The summed E-state index contributed by atoms with van der Waals surface area (Å²) in [6, 6.07) is 13.9. The number of ether oxygens (including phenoxy) is 1. The van der Waals surface area contributed by atoms with Crippen molar-refractivity contribution < 1.29 is 22.7 Å². The van der Waals surface area contributed by atoms with Crippen LogP contribution in [0.2, 0.25) is 0 Å². The highest BCUT2D eigenvalue weighted by molar-refractivity contribution is 7.91. The smallest absolute Gasteiger partial charge is 0.307 e. The summed E-state index contributed by atoms with van der Waals surface area (Å²) >= 11 is 0. The van der Waals surface area contributed by atoms with E-state index in [-0.39, 0.29) is 17.1 Å². The second kappa shape index (κ2) is 10.2. The van der Waals surface area contributed by atoms with E-state index >= 15 is 0 Å². The lowest BCUT2D eigenvalue weighted by Crippen LogP contribution is -2.22. The SMILES string of the molecule is CCC(C)c1ccc(NC(=O)COC(=O)CCS(=O)(=O)c2ccc(C)cc2)cc1. The summed E-state index contributed by atoms with van der Waals surface area (Å²) in [6.07, 6.45) is 0.717. The van der Waals surface area contributed by atoms with Gasteiger partial charge >= 0.3 is 5.97 Å². The lowest BCUT2D eigenvalue weighted by molar-refractivity contribution is -0.146. The lowest BCUT2D eigenvalue weighted by Gasteiger charge is -2.11. The molecule has 1 atom stereocenters. The van der Waals surface area contributed by atoms with Crippen molar-refractivity contribution in [3.63, 3.8) is 0 Å². The van der Waals surface area contributed by atoms with Crippen molar-refractivity contribution in [3.8, 4) is 0 Å². The number of rotatable bonds is 9. The number of hydrogen-bond donors (Lipinski definition) is 1. The van der Waals surface area contributed by atoms with Crippen LogP contribution in [0.4, 0.5) is 5.69 Å². The molecule has 29 heavy (non-hydrogen) atoms. The van der Waals surface area contributed by atoms with Crippen LogP contribution in [0.3, 0.4) is 0 Å².